The molecule has 4 rings (SSSR count). The molecule has 2 amide bonds. The first-order chi connectivity index (χ1) is 16.2. The molecule has 2 N–H and O–H groups in total. The van der Waals surface area contributed by atoms with Crippen LogP contribution in [0.1, 0.15) is 53.4 Å². The highest BCUT2D eigenvalue weighted by atomic mass is 35.5. The number of amides is 2. The molecule has 0 fully saturated rings. The van der Waals surface area contributed by atoms with Crippen molar-refractivity contribution in [3.05, 3.63) is 81.1 Å². The molecule has 0 bridgehead atoms. The van der Waals surface area contributed by atoms with Crippen LogP contribution < -0.4 is 5.32 Å². The van der Waals surface area contributed by atoms with E-state index in [0.717, 1.165) is 23.1 Å². The SMILES string of the molecule is CC(C)CC1c2ccc(C(=O)Nc3cnn(Cc4ccc(Cl)c(Cl)c4)c3)cc2CCN1C(=O)O. The molecule has 34 heavy (non-hydrogen) atoms. The van der Waals surface area contributed by atoms with E-state index in [1.807, 2.05) is 18.2 Å². The Hall–Kier alpha value is -3.03. The monoisotopic (exact) mass is 500 g/mol. The molecule has 0 saturated carbocycles. The predicted octanol–water partition coefficient (Wildman–Crippen LogP) is 6.11. The number of carboxylic acid groups (broad SMARTS) is 1. The lowest BCUT2D eigenvalue weighted by molar-refractivity contribution is 0.102. The third kappa shape index (κ3) is 5.37. The second kappa shape index (κ2) is 10.1. The van der Waals surface area contributed by atoms with Crippen molar-refractivity contribution in [3.8, 4) is 0 Å². The maximum absolute atomic E-state index is 12.9. The van der Waals surface area contributed by atoms with Crippen LogP contribution in [0.2, 0.25) is 10.0 Å². The number of halogens is 2. The lowest BCUT2D eigenvalue weighted by Gasteiger charge is -2.36. The summed E-state index contributed by atoms with van der Waals surface area (Å²) in [7, 11) is 0. The molecule has 0 radical (unpaired) electrons. The van der Waals surface area contributed by atoms with E-state index < -0.39 is 6.09 Å². The van der Waals surface area contributed by atoms with Gasteiger partial charge in [0, 0.05) is 18.3 Å². The Bertz CT molecular complexity index is 1220. The molecule has 1 aliphatic heterocycles. The van der Waals surface area contributed by atoms with Gasteiger partial charge in [0.2, 0.25) is 0 Å². The summed E-state index contributed by atoms with van der Waals surface area (Å²) in [5, 5.41) is 17.8. The van der Waals surface area contributed by atoms with Gasteiger partial charge in [0.15, 0.2) is 0 Å². The molecule has 0 spiro atoms. The Morgan fingerprint density at radius 3 is 2.68 bits per heavy atom. The van der Waals surface area contributed by atoms with Crippen LogP contribution in [-0.4, -0.2) is 38.3 Å². The smallest absolute Gasteiger partial charge is 0.407 e. The first kappa shape index (κ1) is 24.1. The van der Waals surface area contributed by atoms with E-state index in [1.165, 1.54) is 4.90 Å². The van der Waals surface area contributed by atoms with Crippen molar-refractivity contribution in [2.75, 3.05) is 11.9 Å². The van der Waals surface area contributed by atoms with Gasteiger partial charge in [-0.15, -0.1) is 0 Å². The van der Waals surface area contributed by atoms with Crippen molar-refractivity contribution in [2.45, 2.75) is 39.3 Å². The number of nitrogens with one attached hydrogen (secondary N) is 1. The molecule has 7 nitrogen and oxygen atoms in total. The van der Waals surface area contributed by atoms with E-state index in [1.54, 1.807) is 35.3 Å². The Balaban J connectivity index is 1.47. The lowest BCUT2D eigenvalue weighted by Crippen LogP contribution is -2.39. The fourth-order valence-electron chi connectivity index (χ4n) is 4.33. The second-order valence-electron chi connectivity index (χ2n) is 8.91. The maximum atomic E-state index is 12.9. The van der Waals surface area contributed by atoms with Crippen LogP contribution in [-0.2, 0) is 13.0 Å². The minimum atomic E-state index is -0.906. The zero-order valence-electron chi connectivity index (χ0n) is 19.0. The van der Waals surface area contributed by atoms with E-state index in [-0.39, 0.29) is 11.9 Å². The highest BCUT2D eigenvalue weighted by molar-refractivity contribution is 6.42. The lowest BCUT2D eigenvalue weighted by atomic mass is 9.87. The van der Waals surface area contributed by atoms with Gasteiger partial charge in [-0.1, -0.05) is 49.2 Å². The average Bonchev–Trinajstić information content (AvgIpc) is 3.22. The number of fused-ring (bicyclic) bond motifs is 1. The largest absolute Gasteiger partial charge is 0.465 e. The van der Waals surface area contributed by atoms with E-state index in [0.29, 0.717) is 46.7 Å². The minimum Gasteiger partial charge on any atom is -0.465 e. The van der Waals surface area contributed by atoms with Crippen molar-refractivity contribution < 1.29 is 14.7 Å². The Morgan fingerprint density at radius 2 is 1.97 bits per heavy atom. The average molecular weight is 501 g/mol. The van der Waals surface area contributed by atoms with Crippen LogP contribution in [0.25, 0.3) is 0 Å². The number of hydrogen-bond donors (Lipinski definition) is 2. The van der Waals surface area contributed by atoms with Crippen LogP contribution in [0.4, 0.5) is 10.5 Å². The third-order valence-corrected chi connectivity index (χ3v) is 6.66. The van der Waals surface area contributed by atoms with Gasteiger partial charge in [0.05, 0.1) is 34.5 Å². The maximum Gasteiger partial charge on any atom is 0.407 e. The summed E-state index contributed by atoms with van der Waals surface area (Å²) in [6.07, 6.45) is 3.76. The fraction of sp³-hybridized carbons (Fsp3) is 0.320. The van der Waals surface area contributed by atoms with Crippen molar-refractivity contribution in [2.24, 2.45) is 5.92 Å². The molecule has 0 aliphatic carbocycles. The molecule has 9 heteroatoms. The summed E-state index contributed by atoms with van der Waals surface area (Å²) < 4.78 is 1.71. The standard InChI is InChI=1S/C25H26Cl2N4O3/c1-15(2)9-23-20-5-4-18(11-17(20)7-8-31(23)25(33)34)24(32)29-19-12-28-30(14-19)13-16-3-6-21(26)22(27)10-16/h3-6,10-12,14-15,23H,7-9,13H2,1-2H3,(H,29,32)(H,33,34). The van der Waals surface area contributed by atoms with Crippen molar-refractivity contribution in [1.29, 1.82) is 0 Å². The van der Waals surface area contributed by atoms with Crippen LogP contribution in [0.3, 0.4) is 0 Å². The van der Waals surface area contributed by atoms with Crippen molar-refractivity contribution >= 4 is 40.9 Å². The van der Waals surface area contributed by atoms with Crippen LogP contribution in [0, 0.1) is 5.92 Å². The molecule has 2 heterocycles. The van der Waals surface area contributed by atoms with Gasteiger partial charge in [-0.05, 0) is 59.7 Å². The molecule has 1 aromatic heterocycles. The van der Waals surface area contributed by atoms with E-state index >= 15 is 0 Å². The Morgan fingerprint density at radius 1 is 1.18 bits per heavy atom. The first-order valence-corrected chi connectivity index (χ1v) is 11.9. The number of aromatic nitrogens is 2. The Labute approximate surface area is 208 Å². The van der Waals surface area contributed by atoms with Crippen molar-refractivity contribution in [1.82, 2.24) is 14.7 Å². The topological polar surface area (TPSA) is 87.5 Å². The molecule has 1 aliphatic rings. The minimum absolute atomic E-state index is 0.196. The molecule has 2 aromatic carbocycles. The van der Waals surface area contributed by atoms with Gasteiger partial charge < -0.3 is 15.3 Å². The zero-order valence-corrected chi connectivity index (χ0v) is 20.5. The number of nitrogens with zero attached hydrogens (tertiary/aromatic N) is 3. The second-order valence-corrected chi connectivity index (χ2v) is 9.73. The highest BCUT2D eigenvalue weighted by Gasteiger charge is 2.31. The summed E-state index contributed by atoms with van der Waals surface area (Å²) in [6, 6.07) is 10.7. The van der Waals surface area contributed by atoms with Gasteiger partial charge in [-0.3, -0.25) is 9.48 Å². The Kier molecular flexibility index (Phi) is 7.14. The normalized spacial score (nSPS) is 15.3. The predicted molar refractivity (Wildman–Crippen MR) is 133 cm³/mol. The van der Waals surface area contributed by atoms with Gasteiger partial charge in [0.1, 0.15) is 0 Å². The highest BCUT2D eigenvalue weighted by Crippen LogP contribution is 2.35. The summed E-state index contributed by atoms with van der Waals surface area (Å²) >= 11 is 12.0. The summed E-state index contributed by atoms with van der Waals surface area (Å²) in [5.74, 6) is 0.110. The van der Waals surface area contributed by atoms with Crippen LogP contribution in [0.5, 0.6) is 0 Å². The number of carbonyl (C=O) groups excluding carboxylic acids is 1. The summed E-state index contributed by atoms with van der Waals surface area (Å²) in [5.41, 5.74) is 4.05. The van der Waals surface area contributed by atoms with Gasteiger partial charge >= 0.3 is 6.09 Å². The molecular formula is C25H26Cl2N4O3. The van der Waals surface area contributed by atoms with Crippen molar-refractivity contribution in [3.63, 3.8) is 0 Å². The summed E-state index contributed by atoms with van der Waals surface area (Å²) in [4.78, 5) is 26.1. The molecule has 3 aromatic rings. The molecule has 178 valence electrons. The quantitative estimate of drug-likeness (QED) is 0.427. The van der Waals surface area contributed by atoms with Gasteiger partial charge in [-0.25, -0.2) is 4.79 Å². The number of rotatable bonds is 6. The molecular weight excluding hydrogens is 475 g/mol. The fourth-order valence-corrected chi connectivity index (χ4v) is 4.65. The summed E-state index contributed by atoms with van der Waals surface area (Å²) in [6.45, 7) is 5.07. The number of hydrogen-bond acceptors (Lipinski definition) is 3. The van der Waals surface area contributed by atoms with Gasteiger partial charge in [0.25, 0.3) is 5.91 Å². The van der Waals surface area contributed by atoms with Crippen LogP contribution >= 0.6 is 23.2 Å². The number of anilines is 1. The van der Waals surface area contributed by atoms with E-state index in [9.17, 15) is 14.7 Å². The first-order valence-electron chi connectivity index (χ1n) is 11.1. The zero-order chi connectivity index (χ0) is 24.4. The number of benzene rings is 2. The molecule has 1 atom stereocenters. The van der Waals surface area contributed by atoms with E-state index in [4.69, 9.17) is 23.2 Å². The van der Waals surface area contributed by atoms with Gasteiger partial charge in [-0.2, -0.15) is 5.10 Å². The van der Waals surface area contributed by atoms with Crippen LogP contribution in [0.15, 0.2) is 48.8 Å². The molecule has 0 saturated heterocycles. The van der Waals surface area contributed by atoms with E-state index in [2.05, 4.69) is 24.3 Å². The molecule has 1 unspecified atom stereocenters. The third-order valence-electron chi connectivity index (χ3n) is 5.92. The number of carbonyl (C=O) groups is 2.